The minimum absolute atomic E-state index is 0.134. The maximum absolute atomic E-state index is 14.1. The van der Waals surface area contributed by atoms with Crippen LogP contribution in [0.4, 0.5) is 5.69 Å². The van der Waals surface area contributed by atoms with Crippen LogP contribution in [0.15, 0.2) is 94.2 Å². The van der Waals surface area contributed by atoms with E-state index >= 15 is 0 Å². The summed E-state index contributed by atoms with van der Waals surface area (Å²) in [5.41, 5.74) is 5.44. The Morgan fingerprint density at radius 3 is 2.38 bits per heavy atom. The smallest absolute Gasteiger partial charge is 0.268 e. The lowest BCUT2D eigenvalue weighted by molar-refractivity contribution is -0.115. The summed E-state index contributed by atoms with van der Waals surface area (Å²) in [6.45, 7) is 8.18. The first-order valence-electron chi connectivity index (χ1n) is 13.1. The maximum atomic E-state index is 14.1. The van der Waals surface area contributed by atoms with E-state index in [4.69, 9.17) is 4.98 Å². The number of fused-ring (bicyclic) bond motifs is 1. The first-order chi connectivity index (χ1) is 18.9. The number of benzene rings is 3. The number of aryl methyl sites for hydroxylation is 1. The predicted molar refractivity (Wildman–Crippen MR) is 164 cm³/mol. The van der Waals surface area contributed by atoms with Crippen LogP contribution >= 0.6 is 23.1 Å². The number of aromatic nitrogens is 2. The summed E-state index contributed by atoms with van der Waals surface area (Å²) in [5, 5.41) is 5.63. The van der Waals surface area contributed by atoms with E-state index in [0.29, 0.717) is 21.3 Å². The molecule has 0 aliphatic heterocycles. The van der Waals surface area contributed by atoms with Gasteiger partial charge in [-0.2, -0.15) is 0 Å². The molecule has 39 heavy (non-hydrogen) atoms. The van der Waals surface area contributed by atoms with Gasteiger partial charge in [0.1, 0.15) is 4.83 Å². The third-order valence-electron chi connectivity index (χ3n) is 7.03. The molecule has 5 rings (SSSR count). The molecule has 0 bridgehead atoms. The van der Waals surface area contributed by atoms with Crippen LogP contribution in [0.5, 0.6) is 0 Å². The van der Waals surface area contributed by atoms with Crippen molar-refractivity contribution in [2.24, 2.45) is 0 Å². The highest BCUT2D eigenvalue weighted by Crippen LogP contribution is 2.34. The van der Waals surface area contributed by atoms with Gasteiger partial charge in [0, 0.05) is 16.6 Å². The number of nitrogens with zero attached hydrogens (tertiary/aromatic N) is 2. The number of carbonyl (C=O) groups is 1. The second-order valence-corrected chi connectivity index (χ2v) is 11.9. The Balaban J connectivity index is 1.51. The third kappa shape index (κ3) is 5.56. The second-order valence-electron chi connectivity index (χ2n) is 9.70. The summed E-state index contributed by atoms with van der Waals surface area (Å²) in [6.07, 6.45) is 1.07. The zero-order valence-corrected chi connectivity index (χ0v) is 24.1. The number of hydrogen-bond donors (Lipinski definition) is 1. The molecule has 198 valence electrons. The van der Waals surface area contributed by atoms with Crippen molar-refractivity contribution in [2.75, 3.05) is 5.32 Å². The fraction of sp³-hybridized carbons (Fsp3) is 0.219. The van der Waals surface area contributed by atoms with Crippen molar-refractivity contribution in [3.05, 3.63) is 106 Å². The molecule has 0 saturated carbocycles. The normalized spacial score (nSPS) is 12.8. The van der Waals surface area contributed by atoms with Crippen molar-refractivity contribution in [1.29, 1.82) is 0 Å². The zero-order chi connectivity index (χ0) is 27.5. The molecule has 7 heteroatoms. The lowest BCUT2D eigenvalue weighted by Gasteiger charge is -2.17. The van der Waals surface area contributed by atoms with Crippen molar-refractivity contribution >= 4 is 44.9 Å². The Morgan fingerprint density at radius 2 is 1.69 bits per heavy atom. The largest absolute Gasteiger partial charge is 0.325 e. The van der Waals surface area contributed by atoms with Crippen LogP contribution in [0.1, 0.15) is 44.2 Å². The van der Waals surface area contributed by atoms with Crippen molar-refractivity contribution in [3.8, 4) is 16.8 Å². The molecule has 1 amide bonds. The Bertz CT molecular complexity index is 1670. The van der Waals surface area contributed by atoms with Gasteiger partial charge >= 0.3 is 0 Å². The van der Waals surface area contributed by atoms with E-state index in [1.54, 1.807) is 4.57 Å². The van der Waals surface area contributed by atoms with Gasteiger partial charge < -0.3 is 5.32 Å². The molecule has 2 heterocycles. The molecule has 0 aliphatic carbocycles. The minimum Gasteiger partial charge on any atom is -0.325 e. The summed E-state index contributed by atoms with van der Waals surface area (Å²) in [5.74, 6) is 0.334. The van der Waals surface area contributed by atoms with Gasteiger partial charge in [0.05, 0.1) is 16.3 Å². The molecular formula is C32H31N3O2S2. The van der Waals surface area contributed by atoms with Crippen molar-refractivity contribution in [1.82, 2.24) is 9.55 Å². The molecule has 2 aromatic heterocycles. The van der Waals surface area contributed by atoms with Crippen LogP contribution < -0.4 is 10.9 Å². The molecule has 0 fully saturated rings. The van der Waals surface area contributed by atoms with Gasteiger partial charge in [-0.05, 0) is 61.1 Å². The molecule has 0 spiro atoms. The van der Waals surface area contributed by atoms with E-state index in [2.05, 4.69) is 31.3 Å². The molecule has 2 atom stereocenters. The van der Waals surface area contributed by atoms with E-state index in [9.17, 15) is 9.59 Å². The number of rotatable bonds is 8. The number of thiophene rings is 1. The van der Waals surface area contributed by atoms with Crippen LogP contribution in [0.2, 0.25) is 0 Å². The van der Waals surface area contributed by atoms with Gasteiger partial charge in [0.2, 0.25) is 5.91 Å². The lowest BCUT2D eigenvalue weighted by atomic mass is 9.99. The van der Waals surface area contributed by atoms with Gasteiger partial charge in [0.25, 0.3) is 5.56 Å². The highest BCUT2D eigenvalue weighted by Gasteiger charge is 2.23. The predicted octanol–water partition coefficient (Wildman–Crippen LogP) is 8.06. The summed E-state index contributed by atoms with van der Waals surface area (Å²) >= 11 is 2.74. The van der Waals surface area contributed by atoms with Gasteiger partial charge in [-0.1, -0.05) is 86.3 Å². The molecule has 5 aromatic rings. The number of carbonyl (C=O) groups excluding carboxylic acids is 1. The van der Waals surface area contributed by atoms with Gasteiger partial charge in [-0.25, -0.2) is 4.98 Å². The second kappa shape index (κ2) is 11.6. The molecule has 0 saturated heterocycles. The van der Waals surface area contributed by atoms with Crippen LogP contribution in [0, 0.1) is 6.92 Å². The topological polar surface area (TPSA) is 64.0 Å². The van der Waals surface area contributed by atoms with Crippen molar-refractivity contribution in [2.45, 2.75) is 50.4 Å². The SMILES string of the molecule is CC[C@@H](C)c1ccc(NC(=O)[C@@H](C)Sc2nc3scc(-c4ccccc4)c3c(=O)n2-c2ccccc2C)cc1. The number of thioether (sulfide) groups is 1. The van der Waals surface area contributed by atoms with E-state index in [1.165, 1.54) is 28.7 Å². The fourth-order valence-electron chi connectivity index (χ4n) is 4.49. The Hall–Kier alpha value is -3.68. The molecular weight excluding hydrogens is 523 g/mol. The Morgan fingerprint density at radius 1 is 1.00 bits per heavy atom. The molecule has 0 aliphatic rings. The summed E-state index contributed by atoms with van der Waals surface area (Å²) in [7, 11) is 0. The van der Waals surface area contributed by atoms with E-state index < -0.39 is 5.25 Å². The molecule has 5 nitrogen and oxygen atoms in total. The van der Waals surface area contributed by atoms with Crippen molar-refractivity contribution in [3.63, 3.8) is 0 Å². The minimum atomic E-state index is -0.479. The molecule has 0 radical (unpaired) electrons. The summed E-state index contributed by atoms with van der Waals surface area (Å²) in [4.78, 5) is 32.9. The highest BCUT2D eigenvalue weighted by atomic mass is 32.2. The van der Waals surface area contributed by atoms with Crippen molar-refractivity contribution < 1.29 is 4.79 Å². The zero-order valence-electron chi connectivity index (χ0n) is 22.5. The number of anilines is 1. The van der Waals surface area contributed by atoms with Gasteiger partial charge in [0.15, 0.2) is 5.16 Å². The first kappa shape index (κ1) is 26.9. The highest BCUT2D eigenvalue weighted by molar-refractivity contribution is 8.00. The lowest BCUT2D eigenvalue weighted by Crippen LogP contribution is -2.26. The summed E-state index contributed by atoms with van der Waals surface area (Å²) in [6, 6.07) is 25.7. The number of para-hydroxylation sites is 1. The quantitative estimate of drug-likeness (QED) is 0.156. The molecule has 0 unspecified atom stereocenters. The van der Waals surface area contributed by atoms with Gasteiger partial charge in [-0.3, -0.25) is 14.2 Å². The standard InChI is InChI=1S/C32H31N3O2S2/c1-5-20(2)23-15-17-25(18-16-23)33-29(36)22(4)39-32-34-30-28(26(19-38-30)24-12-7-6-8-13-24)31(37)35(32)27-14-10-9-11-21(27)3/h6-20,22H,5H2,1-4H3,(H,33,36)/t20-,22-/m1/s1. The maximum Gasteiger partial charge on any atom is 0.268 e. The number of hydrogen-bond acceptors (Lipinski definition) is 5. The van der Waals surface area contributed by atoms with Crippen LogP contribution in [-0.4, -0.2) is 20.7 Å². The summed E-state index contributed by atoms with van der Waals surface area (Å²) < 4.78 is 1.66. The average Bonchev–Trinajstić information content (AvgIpc) is 3.38. The van der Waals surface area contributed by atoms with Crippen LogP contribution in [0.3, 0.4) is 0 Å². The number of amides is 1. The first-order valence-corrected chi connectivity index (χ1v) is 14.9. The monoisotopic (exact) mass is 553 g/mol. The van der Waals surface area contributed by atoms with E-state index in [1.807, 2.05) is 86.0 Å². The number of nitrogens with one attached hydrogen (secondary N) is 1. The average molecular weight is 554 g/mol. The molecule has 3 aromatic carbocycles. The van der Waals surface area contributed by atoms with Crippen LogP contribution in [-0.2, 0) is 4.79 Å². The fourth-order valence-corrected chi connectivity index (χ4v) is 6.40. The molecule has 1 N–H and O–H groups in total. The van der Waals surface area contributed by atoms with E-state index in [-0.39, 0.29) is 11.5 Å². The Labute approximate surface area is 236 Å². The van der Waals surface area contributed by atoms with E-state index in [0.717, 1.165) is 34.5 Å². The van der Waals surface area contributed by atoms with Crippen LogP contribution in [0.25, 0.3) is 27.0 Å². The third-order valence-corrected chi connectivity index (χ3v) is 8.95. The Kier molecular flexibility index (Phi) is 8.00. The van der Waals surface area contributed by atoms with Gasteiger partial charge in [-0.15, -0.1) is 11.3 Å².